The quantitative estimate of drug-likeness (QED) is 0.113. The number of pyridine rings is 2. The van der Waals surface area contributed by atoms with Crippen LogP contribution in [0, 0.1) is 0 Å². The number of benzene rings is 5. The lowest BCUT2D eigenvalue weighted by atomic mass is 10.0. The molecular weight excluding hydrogens is 603 g/mol. The number of para-hydroxylation sites is 3. The molecule has 1 radical (unpaired) electrons. The summed E-state index contributed by atoms with van der Waals surface area (Å²) in [5.74, 6) is 1.73. The average Bonchev–Trinajstić information content (AvgIpc) is 3.53. The van der Waals surface area contributed by atoms with Crippen LogP contribution in [0.5, 0.6) is 0 Å². The molecule has 0 N–H and O–H groups in total. The summed E-state index contributed by atoms with van der Waals surface area (Å²) in [5.41, 5.74) is 8.95. The molecule has 5 aromatic carbocycles. The molecule has 0 saturated heterocycles. The molecule has 2 aliphatic rings. The van der Waals surface area contributed by atoms with E-state index >= 15 is 0 Å². The van der Waals surface area contributed by atoms with Crippen LogP contribution in [0.2, 0.25) is 0 Å². The second-order valence-electron chi connectivity index (χ2n) is 12.4. The van der Waals surface area contributed by atoms with Crippen molar-refractivity contribution in [1.29, 1.82) is 0 Å². The minimum Gasteiger partial charge on any atom is -0.340 e. The number of aromatic nitrogens is 2. The van der Waals surface area contributed by atoms with Gasteiger partial charge in [0.15, 0.2) is 14.6 Å². The summed E-state index contributed by atoms with van der Waals surface area (Å²) < 4.78 is 2.21. The Morgan fingerprint density at radius 3 is 2.10 bits per heavy atom. The summed E-state index contributed by atoms with van der Waals surface area (Å²) in [7, 11) is 2.90. The van der Waals surface area contributed by atoms with Crippen LogP contribution in [0.3, 0.4) is 0 Å². The van der Waals surface area contributed by atoms with Gasteiger partial charge in [-0.25, -0.2) is 14.5 Å². The lowest BCUT2D eigenvalue weighted by Gasteiger charge is -2.37. The van der Waals surface area contributed by atoms with E-state index in [9.17, 15) is 0 Å². The fourth-order valence-corrected chi connectivity index (χ4v) is 9.98. The molecule has 5 nitrogen and oxygen atoms in total. The van der Waals surface area contributed by atoms with E-state index in [1.165, 1.54) is 32.4 Å². The summed E-state index contributed by atoms with van der Waals surface area (Å²) in [4.78, 5) is 15.5. The summed E-state index contributed by atoms with van der Waals surface area (Å²) in [5, 5.41) is 5.09. The third-order valence-corrected chi connectivity index (χ3v) is 12.4. The maximum atomic E-state index is 5.62. The summed E-state index contributed by atoms with van der Waals surface area (Å²) in [6.45, 7) is 0. The van der Waals surface area contributed by atoms with E-state index in [4.69, 9.17) is 9.97 Å². The topological polar surface area (TPSA) is 35.3 Å². The van der Waals surface area contributed by atoms with Gasteiger partial charge in [-0.15, -0.1) is 0 Å². The number of anilines is 5. The predicted molar refractivity (Wildman–Crippen MR) is 201 cm³/mol. The maximum Gasteiger partial charge on any atom is 0.209 e. The highest BCUT2D eigenvalue weighted by atomic mass is 28.3. The van der Waals surface area contributed by atoms with Gasteiger partial charge in [0.25, 0.3) is 0 Å². The Morgan fingerprint density at radius 1 is 0.646 bits per heavy atom. The molecule has 0 saturated carbocycles. The summed E-state index contributed by atoms with van der Waals surface area (Å²) in [6.07, 6.45) is 3.13. The van der Waals surface area contributed by atoms with Crippen LogP contribution in [-0.2, 0) is 6.42 Å². The number of hydrogen-bond acceptors (Lipinski definition) is 4. The molecule has 48 heavy (non-hydrogen) atoms. The molecule has 229 valence electrons. The number of hydrogen-bond donors (Lipinski definition) is 0. The van der Waals surface area contributed by atoms with Crippen LogP contribution in [0.25, 0.3) is 22.2 Å². The monoisotopic (exact) mass is 635 g/mol. The number of rotatable bonds is 5. The zero-order valence-corrected chi connectivity index (χ0v) is 27.9. The summed E-state index contributed by atoms with van der Waals surface area (Å²) in [6, 6.07) is 52.2. The van der Waals surface area contributed by atoms with Crippen molar-refractivity contribution < 1.29 is 4.58 Å². The third kappa shape index (κ3) is 4.56. The molecule has 6 heteroatoms. The molecule has 0 aliphatic carbocycles. The van der Waals surface area contributed by atoms with E-state index in [-0.39, 0.29) is 0 Å². The molecular formula is C42H33N5Si+. The molecule has 0 unspecified atom stereocenters. The van der Waals surface area contributed by atoms with Crippen molar-refractivity contribution in [3.63, 3.8) is 0 Å². The van der Waals surface area contributed by atoms with Gasteiger partial charge in [0.2, 0.25) is 5.69 Å². The standard InChI is InChI=1S/C42H33N5Si/c1-45-27-26-33-32(19-12-23-35(33)45)34-20-13-25-40(43-34)47-37-22-10-9-21-36(37)46(2)38-28-29-14-11-24-39(41(29)44-42(38)47)48(30-15-5-3-6-16-30)31-17-7-4-8-18-31/h3-25,27-28H,26H2,1-2H3/q+1. The minimum atomic E-state index is -1.35. The first-order valence-electron chi connectivity index (χ1n) is 16.4. The van der Waals surface area contributed by atoms with Gasteiger partial charge < -0.3 is 4.90 Å². The van der Waals surface area contributed by atoms with Crippen molar-refractivity contribution in [3.8, 4) is 11.3 Å². The average molecular weight is 636 g/mol. The van der Waals surface area contributed by atoms with Gasteiger partial charge in [-0.3, -0.25) is 4.90 Å². The van der Waals surface area contributed by atoms with Crippen molar-refractivity contribution in [1.82, 2.24) is 9.97 Å². The lowest BCUT2D eigenvalue weighted by molar-refractivity contribution is -0.396. The van der Waals surface area contributed by atoms with Gasteiger partial charge in [0.05, 0.1) is 34.7 Å². The second-order valence-corrected chi connectivity index (χ2v) is 14.8. The molecule has 9 rings (SSSR count). The third-order valence-electron chi connectivity index (χ3n) is 9.60. The van der Waals surface area contributed by atoms with Crippen LogP contribution in [-0.4, -0.2) is 43.7 Å². The zero-order chi connectivity index (χ0) is 32.2. The van der Waals surface area contributed by atoms with Crippen molar-refractivity contribution >= 4 is 75.9 Å². The molecule has 0 amide bonds. The van der Waals surface area contributed by atoms with Crippen LogP contribution in [0.1, 0.15) is 5.56 Å². The SMILES string of the molecule is CN1c2ccccc2N(c2cccc(-c3cccc4c3CC=[N+]4C)n2)c2nc3c([Si](c4ccccc4)c4ccccc4)cccc3cc21. The van der Waals surface area contributed by atoms with Gasteiger partial charge >= 0.3 is 0 Å². The second kappa shape index (κ2) is 11.4. The highest BCUT2D eigenvalue weighted by Gasteiger charge is 2.32. The van der Waals surface area contributed by atoms with E-state index < -0.39 is 8.80 Å². The molecule has 0 fully saturated rings. The molecule has 0 atom stereocenters. The normalized spacial score (nSPS) is 13.4. The van der Waals surface area contributed by atoms with E-state index in [2.05, 4.69) is 180 Å². The fourth-order valence-electron chi connectivity index (χ4n) is 7.27. The first-order chi connectivity index (χ1) is 23.7. The van der Waals surface area contributed by atoms with Crippen LogP contribution >= 0.6 is 0 Å². The minimum absolute atomic E-state index is 0.850. The summed E-state index contributed by atoms with van der Waals surface area (Å²) >= 11 is 0. The molecule has 7 aromatic rings. The Balaban J connectivity index is 1.26. The highest BCUT2D eigenvalue weighted by molar-refractivity contribution is 6.96. The van der Waals surface area contributed by atoms with Crippen molar-refractivity contribution in [2.24, 2.45) is 0 Å². The Hall–Kier alpha value is -5.85. The smallest absolute Gasteiger partial charge is 0.209 e. The van der Waals surface area contributed by atoms with Crippen molar-refractivity contribution in [2.45, 2.75) is 6.42 Å². The van der Waals surface area contributed by atoms with Crippen LogP contribution in [0.4, 0.5) is 34.4 Å². The van der Waals surface area contributed by atoms with Crippen molar-refractivity contribution in [2.75, 3.05) is 23.9 Å². The molecule has 4 heterocycles. The number of fused-ring (bicyclic) bond motifs is 4. The van der Waals surface area contributed by atoms with Gasteiger partial charge in [-0.05, 0) is 35.5 Å². The van der Waals surface area contributed by atoms with Crippen LogP contribution < -0.4 is 25.4 Å². The van der Waals surface area contributed by atoms with E-state index in [1.54, 1.807) is 0 Å². The Kier molecular flexibility index (Phi) is 6.76. The predicted octanol–water partition coefficient (Wildman–Crippen LogP) is 7.26. The maximum absolute atomic E-state index is 5.62. The Bertz CT molecular complexity index is 2330. The van der Waals surface area contributed by atoms with E-state index in [0.29, 0.717) is 0 Å². The highest BCUT2D eigenvalue weighted by Crippen LogP contribution is 2.50. The first kappa shape index (κ1) is 28.4. The first-order valence-corrected chi connectivity index (χ1v) is 17.9. The van der Waals surface area contributed by atoms with Crippen LogP contribution in [0.15, 0.2) is 146 Å². The van der Waals surface area contributed by atoms with Gasteiger partial charge in [0.1, 0.15) is 19.1 Å². The molecule has 0 bridgehead atoms. The van der Waals surface area contributed by atoms with E-state index in [0.717, 1.165) is 51.7 Å². The molecule has 2 aromatic heterocycles. The largest absolute Gasteiger partial charge is 0.340 e. The Morgan fingerprint density at radius 2 is 1.33 bits per heavy atom. The Labute approximate surface area is 282 Å². The lowest BCUT2D eigenvalue weighted by Crippen LogP contribution is -2.52. The van der Waals surface area contributed by atoms with Gasteiger partial charge in [-0.1, -0.05) is 120 Å². The van der Waals surface area contributed by atoms with Gasteiger partial charge in [0, 0.05) is 29.6 Å². The van der Waals surface area contributed by atoms with Crippen molar-refractivity contribution in [3.05, 3.63) is 151 Å². The molecule has 0 spiro atoms. The number of nitrogens with zero attached hydrogens (tertiary/aromatic N) is 5. The molecule has 2 aliphatic heterocycles. The van der Waals surface area contributed by atoms with Gasteiger partial charge in [-0.2, -0.15) is 0 Å². The zero-order valence-electron chi connectivity index (χ0n) is 26.9. The van der Waals surface area contributed by atoms with E-state index in [1.807, 2.05) is 0 Å². The fraction of sp³-hybridized carbons (Fsp3) is 0.0714.